The lowest BCUT2D eigenvalue weighted by Gasteiger charge is -2.22. The van der Waals surface area contributed by atoms with Crippen LogP contribution < -0.4 is 10.6 Å². The van der Waals surface area contributed by atoms with Gasteiger partial charge in [0, 0.05) is 6.42 Å². The van der Waals surface area contributed by atoms with E-state index in [2.05, 4.69) is 30.2 Å². The van der Waals surface area contributed by atoms with Crippen LogP contribution in [0.15, 0.2) is 30.3 Å². The predicted octanol–water partition coefficient (Wildman–Crippen LogP) is 2.18. The van der Waals surface area contributed by atoms with Crippen molar-refractivity contribution < 1.29 is 19.5 Å². The topological polar surface area (TPSA) is 95.5 Å². The molecule has 0 aliphatic rings. The van der Waals surface area contributed by atoms with Gasteiger partial charge < -0.3 is 15.7 Å². The van der Waals surface area contributed by atoms with E-state index in [-0.39, 0.29) is 12.3 Å². The fraction of sp³-hybridized carbons (Fsp3) is 0.526. The van der Waals surface area contributed by atoms with Gasteiger partial charge in [-0.2, -0.15) is 12.6 Å². The number of amides is 2. The molecule has 3 atom stereocenters. The summed E-state index contributed by atoms with van der Waals surface area (Å²) >= 11 is 4.33. The third-order valence-corrected chi connectivity index (χ3v) is 4.52. The summed E-state index contributed by atoms with van der Waals surface area (Å²) in [5.74, 6) is -1.97. The van der Waals surface area contributed by atoms with Gasteiger partial charge in [-0.3, -0.25) is 14.4 Å². The summed E-state index contributed by atoms with van der Waals surface area (Å²) in [5.41, 5.74) is 0.873. The average molecular weight is 381 g/mol. The van der Waals surface area contributed by atoms with E-state index in [4.69, 9.17) is 5.11 Å². The van der Waals surface area contributed by atoms with Gasteiger partial charge in [0.05, 0.1) is 5.25 Å². The Hall–Kier alpha value is -2.02. The molecule has 0 fully saturated rings. The summed E-state index contributed by atoms with van der Waals surface area (Å²) in [6, 6.07) is 7.37. The summed E-state index contributed by atoms with van der Waals surface area (Å²) in [5, 5.41) is 13.6. The number of carboxylic acid groups (broad SMARTS) is 1. The predicted molar refractivity (Wildman–Crippen MR) is 104 cm³/mol. The van der Waals surface area contributed by atoms with Gasteiger partial charge in [0.1, 0.15) is 12.1 Å². The van der Waals surface area contributed by atoms with Crippen molar-refractivity contribution in [2.24, 2.45) is 0 Å². The Morgan fingerprint density at radius 1 is 1.08 bits per heavy atom. The maximum absolute atomic E-state index is 12.5. The van der Waals surface area contributed by atoms with Gasteiger partial charge in [-0.1, -0.05) is 56.5 Å². The Morgan fingerprint density at radius 3 is 2.31 bits per heavy atom. The first kappa shape index (κ1) is 22.0. The molecule has 1 rings (SSSR count). The molecule has 26 heavy (non-hydrogen) atoms. The van der Waals surface area contributed by atoms with Crippen molar-refractivity contribution in [3.8, 4) is 0 Å². The second kappa shape index (κ2) is 11.6. The number of carboxylic acids is 1. The van der Waals surface area contributed by atoms with Gasteiger partial charge in [0.25, 0.3) is 0 Å². The lowest BCUT2D eigenvalue weighted by molar-refractivity contribution is -0.141. The second-order valence-electron chi connectivity index (χ2n) is 6.33. The minimum Gasteiger partial charge on any atom is -0.480 e. The number of carbonyl (C=O) groups is 3. The molecular formula is C19H28N2O4S. The van der Waals surface area contributed by atoms with Gasteiger partial charge in [0.15, 0.2) is 0 Å². The fourth-order valence-electron chi connectivity index (χ4n) is 2.42. The molecule has 7 heteroatoms. The zero-order valence-electron chi connectivity index (χ0n) is 15.3. The summed E-state index contributed by atoms with van der Waals surface area (Å²) in [7, 11) is 0. The minimum atomic E-state index is -1.13. The number of hydrogen-bond donors (Lipinski definition) is 4. The van der Waals surface area contributed by atoms with E-state index < -0.39 is 29.2 Å². The van der Waals surface area contributed by atoms with Crippen molar-refractivity contribution in [2.75, 3.05) is 0 Å². The Bertz CT molecular complexity index is 594. The van der Waals surface area contributed by atoms with Crippen LogP contribution in [-0.4, -0.2) is 40.2 Å². The highest BCUT2D eigenvalue weighted by Gasteiger charge is 2.26. The largest absolute Gasteiger partial charge is 0.480 e. The first-order valence-corrected chi connectivity index (χ1v) is 9.42. The van der Waals surface area contributed by atoms with Crippen LogP contribution >= 0.6 is 12.6 Å². The molecule has 1 aromatic rings. The third-order valence-electron chi connectivity index (χ3n) is 4.03. The van der Waals surface area contributed by atoms with Crippen LogP contribution in [0.4, 0.5) is 0 Å². The number of hydrogen-bond acceptors (Lipinski definition) is 4. The van der Waals surface area contributed by atoms with Gasteiger partial charge in [-0.25, -0.2) is 0 Å². The molecule has 3 N–H and O–H groups in total. The van der Waals surface area contributed by atoms with E-state index in [1.54, 1.807) is 0 Å². The zero-order valence-corrected chi connectivity index (χ0v) is 16.2. The molecule has 2 amide bonds. The molecule has 1 aromatic carbocycles. The molecule has 0 saturated heterocycles. The van der Waals surface area contributed by atoms with Gasteiger partial charge in [-0.05, 0) is 18.9 Å². The van der Waals surface area contributed by atoms with Crippen LogP contribution in [0.25, 0.3) is 0 Å². The van der Waals surface area contributed by atoms with Gasteiger partial charge >= 0.3 is 5.97 Å². The van der Waals surface area contributed by atoms with Crippen LogP contribution in [-0.2, 0) is 20.8 Å². The highest BCUT2D eigenvalue weighted by Crippen LogP contribution is 2.10. The molecular weight excluding hydrogens is 352 g/mol. The molecule has 0 aliphatic carbocycles. The fourth-order valence-corrected chi connectivity index (χ4v) is 2.68. The van der Waals surface area contributed by atoms with E-state index in [9.17, 15) is 14.4 Å². The maximum Gasteiger partial charge on any atom is 0.325 e. The van der Waals surface area contributed by atoms with Crippen LogP contribution in [0.3, 0.4) is 0 Å². The van der Waals surface area contributed by atoms with Crippen molar-refractivity contribution >= 4 is 30.4 Å². The van der Waals surface area contributed by atoms with Crippen LogP contribution in [0.1, 0.15) is 45.1 Å². The highest BCUT2D eigenvalue weighted by atomic mass is 32.1. The quantitative estimate of drug-likeness (QED) is 0.350. The van der Waals surface area contributed by atoms with Crippen LogP contribution in [0.2, 0.25) is 0 Å². The van der Waals surface area contributed by atoms with Crippen molar-refractivity contribution in [3.63, 3.8) is 0 Å². The minimum absolute atomic E-state index is 0.278. The first-order chi connectivity index (χ1) is 12.3. The summed E-state index contributed by atoms with van der Waals surface area (Å²) in [6.45, 7) is 3.46. The molecule has 0 spiro atoms. The summed E-state index contributed by atoms with van der Waals surface area (Å²) in [4.78, 5) is 35.8. The normalized spacial score (nSPS) is 14.1. The van der Waals surface area contributed by atoms with Crippen molar-refractivity contribution in [1.29, 1.82) is 0 Å². The molecule has 0 bridgehead atoms. The number of benzene rings is 1. The van der Waals surface area contributed by atoms with Crippen LogP contribution in [0.5, 0.6) is 0 Å². The molecule has 0 radical (unpaired) electrons. The Labute approximate surface area is 160 Å². The first-order valence-electron chi connectivity index (χ1n) is 8.90. The monoisotopic (exact) mass is 380 g/mol. The Kier molecular flexibility index (Phi) is 9.80. The Morgan fingerprint density at radius 2 is 1.73 bits per heavy atom. The molecule has 0 saturated carbocycles. The number of nitrogens with one attached hydrogen (secondary N) is 2. The number of unbranched alkanes of at least 4 members (excludes halogenated alkanes) is 2. The van der Waals surface area contributed by atoms with E-state index in [1.807, 2.05) is 30.3 Å². The molecule has 6 nitrogen and oxygen atoms in total. The van der Waals surface area contributed by atoms with E-state index in [1.165, 1.54) is 6.92 Å². The number of rotatable bonds is 11. The summed E-state index contributed by atoms with van der Waals surface area (Å²) in [6.07, 6.45) is 3.88. The van der Waals surface area contributed by atoms with E-state index >= 15 is 0 Å². The SMILES string of the molecule is CCCCCC(S)C(=O)N[C@@H](Cc1ccccc1)C(=O)N[C@@H](C)C(=O)O. The third kappa shape index (κ3) is 7.91. The van der Waals surface area contributed by atoms with Crippen molar-refractivity contribution in [3.05, 3.63) is 35.9 Å². The second-order valence-corrected chi connectivity index (χ2v) is 6.95. The van der Waals surface area contributed by atoms with E-state index in [0.29, 0.717) is 6.42 Å². The molecule has 1 unspecified atom stereocenters. The molecule has 0 aromatic heterocycles. The van der Waals surface area contributed by atoms with Gasteiger partial charge in [0.2, 0.25) is 11.8 Å². The smallest absolute Gasteiger partial charge is 0.325 e. The molecule has 144 valence electrons. The molecule has 0 aliphatic heterocycles. The van der Waals surface area contributed by atoms with Crippen LogP contribution in [0, 0.1) is 0 Å². The number of aliphatic carboxylic acids is 1. The van der Waals surface area contributed by atoms with Gasteiger partial charge in [-0.15, -0.1) is 0 Å². The average Bonchev–Trinajstić information content (AvgIpc) is 2.61. The maximum atomic E-state index is 12.5. The standard InChI is InChI=1S/C19H28N2O4S/c1-3-4-6-11-16(26)18(23)21-15(12-14-9-7-5-8-10-14)17(22)20-13(2)19(24)25/h5,7-10,13,15-16,26H,3-4,6,11-12H2,1-2H3,(H,20,22)(H,21,23)(H,24,25)/t13-,15-,16?/m0/s1. The number of thiol groups is 1. The highest BCUT2D eigenvalue weighted by molar-refractivity contribution is 7.81. The van der Waals surface area contributed by atoms with E-state index in [0.717, 1.165) is 24.8 Å². The molecule has 0 heterocycles. The summed E-state index contributed by atoms with van der Waals surface area (Å²) < 4.78 is 0. The lowest BCUT2D eigenvalue weighted by atomic mass is 10.0. The zero-order chi connectivity index (χ0) is 19.5. The van der Waals surface area contributed by atoms with Crippen molar-refractivity contribution in [1.82, 2.24) is 10.6 Å². The van der Waals surface area contributed by atoms with Crippen molar-refractivity contribution in [2.45, 2.75) is 63.3 Å². The lowest BCUT2D eigenvalue weighted by Crippen LogP contribution is -2.53. The Balaban J connectivity index is 2.77. The number of carbonyl (C=O) groups excluding carboxylic acids is 2.